The number of nitrogens with two attached hydrogens (primary N) is 1. The number of pyridine rings is 1. The van der Waals surface area contributed by atoms with Crippen molar-refractivity contribution in [3.8, 4) is 5.75 Å². The van der Waals surface area contributed by atoms with Gasteiger partial charge in [0.15, 0.2) is 5.75 Å². The van der Waals surface area contributed by atoms with Gasteiger partial charge in [0.05, 0.1) is 11.2 Å². The number of hydrogen-bond acceptors (Lipinski definition) is 4. The predicted octanol–water partition coefficient (Wildman–Crippen LogP) is 2.60. The first kappa shape index (κ1) is 11.9. The van der Waals surface area contributed by atoms with E-state index in [0.717, 1.165) is 5.56 Å². The molecule has 92 valence electrons. The summed E-state index contributed by atoms with van der Waals surface area (Å²) >= 11 is 0. The molecule has 0 bridgehead atoms. The lowest BCUT2D eigenvalue weighted by Gasteiger charge is -2.08. The highest BCUT2D eigenvalue weighted by molar-refractivity contribution is 5.94. The third-order valence-corrected chi connectivity index (χ3v) is 2.50. The average molecular weight is 244 g/mol. The van der Waals surface area contributed by atoms with Gasteiger partial charge in [-0.05, 0) is 30.2 Å². The Kier molecular flexibility index (Phi) is 3.14. The van der Waals surface area contributed by atoms with Crippen LogP contribution >= 0.6 is 0 Å². The number of nitrogens with zero attached hydrogens (tertiary/aromatic N) is 1. The highest BCUT2D eigenvalue weighted by atomic mass is 16.7. The maximum absolute atomic E-state index is 10.5. The maximum atomic E-state index is 10.5. The standard InChI is InChI=1S/C13H12N2O3/c1-2-3-8-6-9-10(15-7-8)4-5-11(12(9)14)18-13(16)17/h2,4-7H,1,3,14H2,(H,16,17). The zero-order chi connectivity index (χ0) is 13.1. The summed E-state index contributed by atoms with van der Waals surface area (Å²) in [6.45, 7) is 3.65. The Morgan fingerprint density at radius 1 is 1.56 bits per heavy atom. The van der Waals surface area contributed by atoms with Gasteiger partial charge in [0.25, 0.3) is 0 Å². The average Bonchev–Trinajstić information content (AvgIpc) is 2.33. The highest BCUT2D eigenvalue weighted by Gasteiger charge is 2.10. The number of fused-ring (bicyclic) bond motifs is 1. The van der Waals surface area contributed by atoms with E-state index in [1.165, 1.54) is 6.07 Å². The Bertz CT molecular complexity index is 623. The summed E-state index contributed by atoms with van der Waals surface area (Å²) in [5, 5.41) is 9.27. The predicted molar refractivity (Wildman–Crippen MR) is 68.7 cm³/mol. The highest BCUT2D eigenvalue weighted by Crippen LogP contribution is 2.30. The van der Waals surface area contributed by atoms with E-state index in [1.807, 2.05) is 6.07 Å². The largest absolute Gasteiger partial charge is 0.511 e. The SMILES string of the molecule is C=CCc1cnc2ccc(OC(=O)O)c(N)c2c1. The maximum Gasteiger partial charge on any atom is 0.511 e. The van der Waals surface area contributed by atoms with Gasteiger partial charge in [-0.15, -0.1) is 6.58 Å². The number of allylic oxidation sites excluding steroid dienone is 1. The molecule has 0 aliphatic carbocycles. The fourth-order valence-electron chi connectivity index (χ4n) is 1.71. The van der Waals surface area contributed by atoms with Gasteiger partial charge in [-0.25, -0.2) is 4.79 Å². The van der Waals surface area contributed by atoms with E-state index in [2.05, 4.69) is 16.3 Å². The lowest BCUT2D eigenvalue weighted by atomic mass is 10.1. The number of ether oxygens (including phenoxy) is 1. The minimum Gasteiger partial charge on any atom is -0.449 e. The Labute approximate surface area is 104 Å². The molecule has 0 atom stereocenters. The molecule has 5 heteroatoms. The van der Waals surface area contributed by atoms with Gasteiger partial charge in [0, 0.05) is 11.6 Å². The van der Waals surface area contributed by atoms with Crippen LogP contribution in [0.15, 0.2) is 37.1 Å². The molecule has 1 aromatic carbocycles. The molecule has 2 rings (SSSR count). The molecule has 0 saturated carbocycles. The van der Waals surface area contributed by atoms with Crippen LogP contribution in [0.2, 0.25) is 0 Å². The molecule has 0 saturated heterocycles. The number of carboxylic acid groups (broad SMARTS) is 1. The lowest BCUT2D eigenvalue weighted by molar-refractivity contribution is 0.145. The summed E-state index contributed by atoms with van der Waals surface area (Å²) in [7, 11) is 0. The van der Waals surface area contributed by atoms with Crippen LogP contribution in [-0.2, 0) is 6.42 Å². The van der Waals surface area contributed by atoms with E-state index < -0.39 is 6.16 Å². The van der Waals surface area contributed by atoms with E-state index in [4.69, 9.17) is 10.8 Å². The van der Waals surface area contributed by atoms with Crippen LogP contribution in [0.5, 0.6) is 5.75 Å². The van der Waals surface area contributed by atoms with Crippen LogP contribution in [0.25, 0.3) is 10.9 Å². The number of rotatable bonds is 3. The Balaban J connectivity index is 2.55. The molecule has 1 heterocycles. The Morgan fingerprint density at radius 2 is 2.33 bits per heavy atom. The third kappa shape index (κ3) is 2.24. The monoisotopic (exact) mass is 244 g/mol. The molecule has 3 N–H and O–H groups in total. The Morgan fingerprint density at radius 3 is 3.00 bits per heavy atom. The van der Waals surface area contributed by atoms with Gasteiger partial charge in [0.1, 0.15) is 0 Å². The third-order valence-electron chi connectivity index (χ3n) is 2.50. The summed E-state index contributed by atoms with van der Waals surface area (Å²) < 4.78 is 4.60. The van der Waals surface area contributed by atoms with Gasteiger partial charge in [0.2, 0.25) is 0 Å². The molecule has 0 fully saturated rings. The zero-order valence-corrected chi connectivity index (χ0v) is 9.59. The Hall–Kier alpha value is -2.56. The first-order valence-electron chi connectivity index (χ1n) is 5.30. The van der Waals surface area contributed by atoms with Gasteiger partial charge < -0.3 is 15.6 Å². The second kappa shape index (κ2) is 4.75. The van der Waals surface area contributed by atoms with Crippen molar-refractivity contribution in [2.75, 3.05) is 5.73 Å². The van der Waals surface area contributed by atoms with E-state index in [9.17, 15) is 4.79 Å². The summed E-state index contributed by atoms with van der Waals surface area (Å²) in [6, 6.07) is 5.02. The van der Waals surface area contributed by atoms with Crippen LogP contribution in [0.3, 0.4) is 0 Å². The minimum atomic E-state index is -1.39. The molecule has 0 radical (unpaired) electrons. The van der Waals surface area contributed by atoms with E-state index >= 15 is 0 Å². The topological polar surface area (TPSA) is 85.4 Å². The van der Waals surface area contributed by atoms with E-state index in [-0.39, 0.29) is 11.4 Å². The summed E-state index contributed by atoms with van der Waals surface area (Å²) in [5.74, 6) is 0.118. The van der Waals surface area contributed by atoms with E-state index in [1.54, 1.807) is 18.3 Å². The number of aromatic nitrogens is 1. The fraction of sp³-hybridized carbons (Fsp3) is 0.0769. The number of carbonyl (C=O) groups is 1. The quantitative estimate of drug-likeness (QED) is 0.375. The van der Waals surface area contributed by atoms with Crippen molar-refractivity contribution in [2.24, 2.45) is 0 Å². The van der Waals surface area contributed by atoms with Crippen molar-refractivity contribution in [1.82, 2.24) is 4.98 Å². The van der Waals surface area contributed by atoms with Crippen molar-refractivity contribution < 1.29 is 14.6 Å². The van der Waals surface area contributed by atoms with Crippen LogP contribution < -0.4 is 10.5 Å². The van der Waals surface area contributed by atoms with Gasteiger partial charge in [-0.3, -0.25) is 4.98 Å². The first-order valence-corrected chi connectivity index (χ1v) is 5.30. The molecule has 2 aromatic rings. The second-order valence-electron chi connectivity index (χ2n) is 3.75. The molecular formula is C13H12N2O3. The molecule has 0 amide bonds. The molecular weight excluding hydrogens is 232 g/mol. The van der Waals surface area contributed by atoms with Crippen LogP contribution in [0, 0.1) is 0 Å². The number of nitrogen functional groups attached to an aromatic ring is 1. The molecule has 5 nitrogen and oxygen atoms in total. The number of hydrogen-bond donors (Lipinski definition) is 2. The van der Waals surface area contributed by atoms with Crippen LogP contribution in [-0.4, -0.2) is 16.2 Å². The summed E-state index contributed by atoms with van der Waals surface area (Å²) in [6.07, 6.45) is 2.78. The normalized spacial score (nSPS) is 10.2. The van der Waals surface area contributed by atoms with Crippen molar-refractivity contribution in [1.29, 1.82) is 0 Å². The second-order valence-corrected chi connectivity index (χ2v) is 3.75. The molecule has 0 unspecified atom stereocenters. The zero-order valence-electron chi connectivity index (χ0n) is 9.59. The molecule has 18 heavy (non-hydrogen) atoms. The van der Waals surface area contributed by atoms with Crippen molar-refractivity contribution in [3.63, 3.8) is 0 Å². The van der Waals surface area contributed by atoms with Crippen LogP contribution in [0.1, 0.15) is 5.56 Å². The fourth-order valence-corrected chi connectivity index (χ4v) is 1.71. The van der Waals surface area contributed by atoms with Crippen molar-refractivity contribution >= 4 is 22.7 Å². The number of benzene rings is 1. The molecule has 1 aromatic heterocycles. The number of anilines is 1. The summed E-state index contributed by atoms with van der Waals surface area (Å²) in [4.78, 5) is 14.8. The van der Waals surface area contributed by atoms with Crippen LogP contribution in [0.4, 0.5) is 10.5 Å². The summed E-state index contributed by atoms with van der Waals surface area (Å²) in [5.41, 5.74) is 7.80. The van der Waals surface area contributed by atoms with Gasteiger partial charge in [-0.1, -0.05) is 6.08 Å². The smallest absolute Gasteiger partial charge is 0.449 e. The van der Waals surface area contributed by atoms with Crippen molar-refractivity contribution in [3.05, 3.63) is 42.6 Å². The lowest BCUT2D eigenvalue weighted by Crippen LogP contribution is -2.05. The minimum absolute atomic E-state index is 0.118. The van der Waals surface area contributed by atoms with Gasteiger partial charge in [-0.2, -0.15) is 0 Å². The van der Waals surface area contributed by atoms with Crippen molar-refractivity contribution in [2.45, 2.75) is 6.42 Å². The molecule has 0 aliphatic heterocycles. The van der Waals surface area contributed by atoms with E-state index in [0.29, 0.717) is 17.3 Å². The molecule has 0 spiro atoms. The molecule has 0 aliphatic rings. The van der Waals surface area contributed by atoms with Gasteiger partial charge >= 0.3 is 6.16 Å². The first-order chi connectivity index (χ1) is 8.61.